The van der Waals surface area contributed by atoms with E-state index >= 15 is 0 Å². The lowest BCUT2D eigenvalue weighted by Gasteiger charge is -2.19. The van der Waals surface area contributed by atoms with Crippen LogP contribution < -0.4 is 15.8 Å². The standard InChI is InChI=1S/C16H25N3O3S/c1-11(19(2)3)8-12-4-6-13(7-5-12)22-9-15(20)18-14(10-23)16(17)21/h4-7,11,14,23H,8-10H2,1-3H3,(H2,17,21)(H,18,20)/t11-,14-/m0/s1. The number of rotatable bonds is 9. The van der Waals surface area contributed by atoms with Crippen molar-refractivity contribution in [3.8, 4) is 5.75 Å². The summed E-state index contributed by atoms with van der Waals surface area (Å²) in [6.45, 7) is 1.98. The first-order chi connectivity index (χ1) is 10.8. The number of benzene rings is 1. The largest absolute Gasteiger partial charge is 0.484 e. The predicted molar refractivity (Wildman–Crippen MR) is 93.8 cm³/mol. The Bertz CT molecular complexity index is 520. The van der Waals surface area contributed by atoms with Crippen molar-refractivity contribution in [1.29, 1.82) is 0 Å². The molecule has 2 amide bonds. The van der Waals surface area contributed by atoms with Crippen LogP contribution in [0.15, 0.2) is 24.3 Å². The summed E-state index contributed by atoms with van der Waals surface area (Å²) in [5, 5.41) is 2.47. The Labute approximate surface area is 142 Å². The molecule has 0 fully saturated rings. The Morgan fingerprint density at radius 3 is 2.39 bits per heavy atom. The summed E-state index contributed by atoms with van der Waals surface area (Å²) in [7, 11) is 4.09. The van der Waals surface area contributed by atoms with Crippen molar-refractivity contribution in [2.45, 2.75) is 25.4 Å². The van der Waals surface area contributed by atoms with E-state index in [1.165, 1.54) is 5.56 Å². The topological polar surface area (TPSA) is 84.7 Å². The van der Waals surface area contributed by atoms with Gasteiger partial charge in [0, 0.05) is 11.8 Å². The first-order valence-electron chi connectivity index (χ1n) is 7.41. The Morgan fingerprint density at radius 1 is 1.30 bits per heavy atom. The molecule has 128 valence electrons. The Balaban J connectivity index is 2.46. The summed E-state index contributed by atoms with van der Waals surface area (Å²) in [5.41, 5.74) is 6.33. The van der Waals surface area contributed by atoms with Gasteiger partial charge in [-0.2, -0.15) is 12.6 Å². The summed E-state index contributed by atoms with van der Waals surface area (Å²) in [6, 6.07) is 7.27. The van der Waals surface area contributed by atoms with E-state index in [-0.39, 0.29) is 12.4 Å². The highest BCUT2D eigenvalue weighted by Gasteiger charge is 2.16. The molecule has 0 saturated carbocycles. The highest BCUT2D eigenvalue weighted by atomic mass is 32.1. The zero-order valence-corrected chi connectivity index (χ0v) is 14.7. The molecule has 0 aliphatic carbocycles. The Morgan fingerprint density at radius 2 is 1.91 bits per heavy atom. The van der Waals surface area contributed by atoms with Gasteiger partial charge < -0.3 is 20.7 Å². The minimum atomic E-state index is -0.788. The first-order valence-corrected chi connectivity index (χ1v) is 8.04. The lowest BCUT2D eigenvalue weighted by atomic mass is 10.1. The fraction of sp³-hybridized carbons (Fsp3) is 0.500. The maximum absolute atomic E-state index is 11.7. The summed E-state index contributed by atoms with van der Waals surface area (Å²) >= 11 is 3.96. The summed E-state index contributed by atoms with van der Waals surface area (Å²) in [4.78, 5) is 24.9. The van der Waals surface area contributed by atoms with Gasteiger partial charge in [-0.05, 0) is 45.1 Å². The molecule has 0 spiro atoms. The van der Waals surface area contributed by atoms with Crippen LogP contribution in [-0.4, -0.2) is 55.3 Å². The van der Waals surface area contributed by atoms with Gasteiger partial charge in [-0.25, -0.2) is 0 Å². The van der Waals surface area contributed by atoms with E-state index in [2.05, 4.69) is 29.8 Å². The SMILES string of the molecule is C[C@@H](Cc1ccc(OCC(=O)N[C@@H](CS)C(N)=O)cc1)N(C)C. The summed E-state index contributed by atoms with van der Waals surface area (Å²) in [6.07, 6.45) is 0.940. The second-order valence-corrected chi connectivity index (χ2v) is 6.02. The number of nitrogens with zero attached hydrogens (tertiary/aromatic N) is 1. The van der Waals surface area contributed by atoms with Crippen molar-refractivity contribution < 1.29 is 14.3 Å². The van der Waals surface area contributed by atoms with Gasteiger partial charge in [0.25, 0.3) is 5.91 Å². The number of nitrogens with two attached hydrogens (primary N) is 1. The average molecular weight is 339 g/mol. The molecular formula is C16H25N3O3S. The molecule has 0 aliphatic heterocycles. The maximum Gasteiger partial charge on any atom is 0.258 e. The van der Waals surface area contributed by atoms with Gasteiger partial charge >= 0.3 is 0 Å². The van der Waals surface area contributed by atoms with E-state index in [1.54, 1.807) is 0 Å². The molecule has 2 atom stereocenters. The van der Waals surface area contributed by atoms with Crippen LogP contribution in [0, 0.1) is 0 Å². The van der Waals surface area contributed by atoms with Gasteiger partial charge in [0.05, 0.1) is 0 Å². The van der Waals surface area contributed by atoms with Crippen molar-refractivity contribution in [2.75, 3.05) is 26.5 Å². The van der Waals surface area contributed by atoms with Crippen LogP contribution in [0.3, 0.4) is 0 Å². The molecule has 0 radical (unpaired) electrons. The number of primary amides is 1. The number of ether oxygens (including phenoxy) is 1. The third-order valence-corrected chi connectivity index (χ3v) is 3.93. The van der Waals surface area contributed by atoms with E-state index < -0.39 is 17.9 Å². The zero-order chi connectivity index (χ0) is 17.4. The molecule has 0 aromatic heterocycles. The molecule has 0 saturated heterocycles. The minimum Gasteiger partial charge on any atom is -0.484 e. The molecule has 1 aromatic carbocycles. The Hall–Kier alpha value is -1.73. The minimum absolute atomic E-state index is 0.153. The molecule has 3 N–H and O–H groups in total. The Kier molecular flexibility index (Phi) is 7.91. The summed E-state index contributed by atoms with van der Waals surface area (Å²) < 4.78 is 5.40. The number of thiol groups is 1. The summed E-state index contributed by atoms with van der Waals surface area (Å²) in [5.74, 6) is -0.274. The molecular weight excluding hydrogens is 314 g/mol. The van der Waals surface area contributed by atoms with E-state index in [1.807, 2.05) is 38.4 Å². The number of nitrogens with one attached hydrogen (secondary N) is 1. The lowest BCUT2D eigenvalue weighted by Crippen LogP contribution is -2.47. The van der Waals surface area contributed by atoms with Crippen LogP contribution in [0.25, 0.3) is 0 Å². The highest BCUT2D eigenvalue weighted by molar-refractivity contribution is 7.80. The van der Waals surface area contributed by atoms with E-state index in [9.17, 15) is 9.59 Å². The average Bonchev–Trinajstić information content (AvgIpc) is 2.51. The molecule has 6 nitrogen and oxygen atoms in total. The lowest BCUT2D eigenvalue weighted by molar-refractivity contribution is -0.128. The third kappa shape index (κ3) is 6.92. The fourth-order valence-corrected chi connectivity index (χ4v) is 2.11. The van der Waals surface area contributed by atoms with Gasteiger partial charge in [-0.3, -0.25) is 9.59 Å². The molecule has 0 aliphatic rings. The van der Waals surface area contributed by atoms with Gasteiger partial charge in [-0.1, -0.05) is 12.1 Å². The highest BCUT2D eigenvalue weighted by Crippen LogP contribution is 2.14. The molecule has 1 rings (SSSR count). The van der Waals surface area contributed by atoms with Crippen LogP contribution in [-0.2, 0) is 16.0 Å². The van der Waals surface area contributed by atoms with Crippen molar-refractivity contribution in [1.82, 2.24) is 10.2 Å². The van der Waals surface area contributed by atoms with Crippen LogP contribution in [0.1, 0.15) is 12.5 Å². The number of likely N-dealkylation sites (N-methyl/N-ethyl adjacent to an activating group) is 1. The predicted octanol–water partition coefficient (Wildman–Crippen LogP) is 0.458. The maximum atomic E-state index is 11.7. The number of amides is 2. The number of carbonyl (C=O) groups is 2. The van der Waals surface area contributed by atoms with E-state index in [0.717, 1.165) is 6.42 Å². The number of hydrogen-bond donors (Lipinski definition) is 3. The van der Waals surface area contributed by atoms with Gasteiger partial charge in [0.1, 0.15) is 11.8 Å². The molecule has 0 bridgehead atoms. The molecule has 7 heteroatoms. The second kappa shape index (κ2) is 9.42. The smallest absolute Gasteiger partial charge is 0.258 e. The quantitative estimate of drug-likeness (QED) is 0.571. The fourth-order valence-electron chi connectivity index (χ4n) is 1.84. The monoisotopic (exact) mass is 339 g/mol. The first kappa shape index (κ1) is 19.3. The van der Waals surface area contributed by atoms with E-state index in [0.29, 0.717) is 11.8 Å². The van der Waals surface area contributed by atoms with Gasteiger partial charge in [0.2, 0.25) is 5.91 Å². The van der Waals surface area contributed by atoms with Crippen LogP contribution >= 0.6 is 12.6 Å². The van der Waals surface area contributed by atoms with Crippen molar-refractivity contribution in [3.63, 3.8) is 0 Å². The number of hydrogen-bond acceptors (Lipinski definition) is 5. The molecule has 0 unspecified atom stereocenters. The van der Waals surface area contributed by atoms with Crippen molar-refractivity contribution in [2.24, 2.45) is 5.73 Å². The van der Waals surface area contributed by atoms with E-state index in [4.69, 9.17) is 10.5 Å². The zero-order valence-electron chi connectivity index (χ0n) is 13.8. The van der Waals surface area contributed by atoms with Gasteiger partial charge in [0.15, 0.2) is 6.61 Å². The molecule has 0 heterocycles. The normalized spacial score (nSPS) is 13.4. The number of carbonyl (C=O) groups excluding carboxylic acids is 2. The van der Waals surface area contributed by atoms with Crippen LogP contribution in [0.5, 0.6) is 5.75 Å². The van der Waals surface area contributed by atoms with Crippen molar-refractivity contribution >= 4 is 24.4 Å². The molecule has 1 aromatic rings. The molecule has 23 heavy (non-hydrogen) atoms. The second-order valence-electron chi connectivity index (χ2n) is 5.65. The van der Waals surface area contributed by atoms with Crippen LogP contribution in [0.4, 0.5) is 0 Å². The third-order valence-electron chi connectivity index (χ3n) is 3.57. The van der Waals surface area contributed by atoms with Crippen molar-refractivity contribution in [3.05, 3.63) is 29.8 Å². The van der Waals surface area contributed by atoms with Crippen LogP contribution in [0.2, 0.25) is 0 Å². The van der Waals surface area contributed by atoms with Gasteiger partial charge in [-0.15, -0.1) is 0 Å².